The van der Waals surface area contributed by atoms with Crippen molar-refractivity contribution in [1.82, 2.24) is 10.6 Å². The number of carbonyl (C=O) groups is 1. The van der Waals surface area contributed by atoms with Crippen molar-refractivity contribution >= 4 is 5.91 Å². The Hall–Kier alpha value is -1.55. The van der Waals surface area contributed by atoms with Crippen molar-refractivity contribution in [3.05, 3.63) is 29.8 Å². The molecular formula is C16H24N2O2. The van der Waals surface area contributed by atoms with Crippen molar-refractivity contribution in [3.63, 3.8) is 0 Å². The van der Waals surface area contributed by atoms with Gasteiger partial charge in [0.1, 0.15) is 5.75 Å². The molecule has 0 saturated carbocycles. The zero-order valence-electron chi connectivity index (χ0n) is 12.1. The zero-order valence-corrected chi connectivity index (χ0v) is 12.1. The Morgan fingerprint density at radius 2 is 2.20 bits per heavy atom. The SMILES string of the molecule is CC(CCc1ccc(O)cc1)NC(=O)CC1CCNC1. The van der Waals surface area contributed by atoms with Gasteiger partial charge in [-0.25, -0.2) is 0 Å². The number of rotatable bonds is 6. The first kappa shape index (κ1) is 14.9. The maximum atomic E-state index is 11.9. The average molecular weight is 276 g/mol. The lowest BCUT2D eigenvalue weighted by Crippen LogP contribution is -2.34. The summed E-state index contributed by atoms with van der Waals surface area (Å²) in [7, 11) is 0. The van der Waals surface area contributed by atoms with E-state index in [1.165, 1.54) is 5.56 Å². The maximum Gasteiger partial charge on any atom is 0.220 e. The van der Waals surface area contributed by atoms with Crippen LogP contribution in [0.25, 0.3) is 0 Å². The molecule has 1 aliphatic heterocycles. The van der Waals surface area contributed by atoms with Crippen LogP contribution in [0.5, 0.6) is 5.75 Å². The van der Waals surface area contributed by atoms with Crippen LogP contribution >= 0.6 is 0 Å². The molecule has 20 heavy (non-hydrogen) atoms. The number of aromatic hydroxyl groups is 1. The lowest BCUT2D eigenvalue weighted by molar-refractivity contribution is -0.122. The predicted molar refractivity (Wildman–Crippen MR) is 79.6 cm³/mol. The van der Waals surface area contributed by atoms with Gasteiger partial charge in [0.05, 0.1) is 0 Å². The molecule has 0 aromatic heterocycles. The lowest BCUT2D eigenvalue weighted by Gasteiger charge is -2.15. The van der Waals surface area contributed by atoms with E-state index in [4.69, 9.17) is 0 Å². The van der Waals surface area contributed by atoms with E-state index in [-0.39, 0.29) is 11.9 Å². The number of amides is 1. The van der Waals surface area contributed by atoms with Crippen molar-refractivity contribution < 1.29 is 9.90 Å². The van der Waals surface area contributed by atoms with E-state index >= 15 is 0 Å². The summed E-state index contributed by atoms with van der Waals surface area (Å²) in [4.78, 5) is 11.9. The van der Waals surface area contributed by atoms with Gasteiger partial charge in [0.15, 0.2) is 0 Å². The number of nitrogens with one attached hydrogen (secondary N) is 2. The molecule has 3 N–H and O–H groups in total. The molecule has 1 heterocycles. The van der Waals surface area contributed by atoms with Crippen LogP contribution in [0, 0.1) is 5.92 Å². The zero-order chi connectivity index (χ0) is 14.4. The monoisotopic (exact) mass is 276 g/mol. The standard InChI is InChI=1S/C16H24N2O2/c1-12(2-3-13-4-6-15(19)7-5-13)18-16(20)10-14-8-9-17-11-14/h4-7,12,14,17,19H,2-3,8-11H2,1H3,(H,18,20). The molecule has 2 unspecified atom stereocenters. The van der Waals surface area contributed by atoms with Crippen molar-refractivity contribution in [3.8, 4) is 5.75 Å². The van der Waals surface area contributed by atoms with E-state index < -0.39 is 0 Å². The van der Waals surface area contributed by atoms with E-state index in [0.717, 1.165) is 32.4 Å². The number of aryl methyl sites for hydroxylation is 1. The molecule has 2 atom stereocenters. The molecule has 4 heteroatoms. The van der Waals surface area contributed by atoms with Crippen molar-refractivity contribution in [2.24, 2.45) is 5.92 Å². The molecule has 0 aliphatic carbocycles. The van der Waals surface area contributed by atoms with Crippen molar-refractivity contribution in [2.75, 3.05) is 13.1 Å². The minimum atomic E-state index is 0.164. The Kier molecular flexibility index (Phi) is 5.41. The third kappa shape index (κ3) is 4.85. The maximum absolute atomic E-state index is 11.9. The smallest absolute Gasteiger partial charge is 0.220 e. The average Bonchev–Trinajstić information content (AvgIpc) is 2.90. The first-order chi connectivity index (χ1) is 9.63. The fraction of sp³-hybridized carbons (Fsp3) is 0.562. The van der Waals surface area contributed by atoms with Gasteiger partial charge in [-0.05, 0) is 62.9 Å². The summed E-state index contributed by atoms with van der Waals surface area (Å²) in [5, 5.41) is 15.6. The summed E-state index contributed by atoms with van der Waals surface area (Å²) in [5.41, 5.74) is 1.18. The number of phenolic OH excluding ortho intramolecular Hbond substituents is 1. The molecule has 2 rings (SSSR count). The molecule has 0 bridgehead atoms. The van der Waals surface area contributed by atoms with Crippen LogP contribution in [0.15, 0.2) is 24.3 Å². The Morgan fingerprint density at radius 3 is 2.85 bits per heavy atom. The summed E-state index contributed by atoms with van der Waals surface area (Å²) in [6.45, 7) is 4.05. The second-order valence-corrected chi connectivity index (χ2v) is 5.74. The fourth-order valence-corrected chi connectivity index (χ4v) is 2.60. The Bertz CT molecular complexity index is 425. The Morgan fingerprint density at radius 1 is 1.45 bits per heavy atom. The molecular weight excluding hydrogens is 252 g/mol. The number of carbonyl (C=O) groups excluding carboxylic acids is 1. The van der Waals surface area contributed by atoms with Crippen molar-refractivity contribution in [2.45, 2.75) is 38.6 Å². The summed E-state index contributed by atoms with van der Waals surface area (Å²) in [5.74, 6) is 0.955. The largest absolute Gasteiger partial charge is 0.508 e. The van der Waals surface area contributed by atoms with Crippen LogP contribution in [-0.4, -0.2) is 30.1 Å². The molecule has 1 aromatic carbocycles. The highest BCUT2D eigenvalue weighted by Crippen LogP contribution is 2.13. The Labute approximate surface area is 120 Å². The highest BCUT2D eigenvalue weighted by atomic mass is 16.3. The van der Waals surface area contributed by atoms with Gasteiger partial charge >= 0.3 is 0 Å². The minimum Gasteiger partial charge on any atom is -0.508 e. The molecule has 4 nitrogen and oxygen atoms in total. The third-order valence-electron chi connectivity index (χ3n) is 3.85. The summed E-state index contributed by atoms with van der Waals surface area (Å²) in [6, 6.07) is 7.44. The van der Waals surface area contributed by atoms with Crippen LogP contribution in [0.1, 0.15) is 31.7 Å². The van der Waals surface area contributed by atoms with Crippen LogP contribution in [0.3, 0.4) is 0 Å². The summed E-state index contributed by atoms with van der Waals surface area (Å²) in [6.07, 6.45) is 3.57. The van der Waals surface area contributed by atoms with E-state index in [2.05, 4.69) is 10.6 Å². The highest BCUT2D eigenvalue weighted by molar-refractivity contribution is 5.76. The number of hydrogen-bond donors (Lipinski definition) is 3. The second kappa shape index (κ2) is 7.29. The highest BCUT2D eigenvalue weighted by Gasteiger charge is 2.18. The van der Waals surface area contributed by atoms with E-state index in [0.29, 0.717) is 18.1 Å². The molecule has 1 amide bonds. The molecule has 110 valence electrons. The van der Waals surface area contributed by atoms with Crippen molar-refractivity contribution in [1.29, 1.82) is 0 Å². The molecule has 0 radical (unpaired) electrons. The lowest BCUT2D eigenvalue weighted by atomic mass is 10.0. The van der Waals surface area contributed by atoms with Gasteiger partial charge in [0, 0.05) is 12.5 Å². The quantitative estimate of drug-likeness (QED) is 0.743. The van der Waals surface area contributed by atoms with Crippen LogP contribution in [0.4, 0.5) is 0 Å². The van der Waals surface area contributed by atoms with Gasteiger partial charge in [0.2, 0.25) is 5.91 Å². The topological polar surface area (TPSA) is 61.4 Å². The molecule has 0 spiro atoms. The fourth-order valence-electron chi connectivity index (χ4n) is 2.60. The van der Waals surface area contributed by atoms with Crippen LogP contribution in [0.2, 0.25) is 0 Å². The molecule has 1 aliphatic rings. The summed E-state index contributed by atoms with van der Waals surface area (Å²) >= 11 is 0. The van der Waals surface area contributed by atoms with Gasteiger partial charge in [-0.3, -0.25) is 4.79 Å². The van der Waals surface area contributed by atoms with Crippen LogP contribution < -0.4 is 10.6 Å². The predicted octanol–water partition coefficient (Wildman–Crippen LogP) is 1.83. The summed E-state index contributed by atoms with van der Waals surface area (Å²) < 4.78 is 0. The second-order valence-electron chi connectivity index (χ2n) is 5.74. The molecule has 1 aromatic rings. The van der Waals surface area contributed by atoms with Gasteiger partial charge in [-0.1, -0.05) is 12.1 Å². The van der Waals surface area contributed by atoms with E-state index in [1.807, 2.05) is 19.1 Å². The number of phenols is 1. The molecule has 1 saturated heterocycles. The number of hydrogen-bond acceptors (Lipinski definition) is 3. The van der Waals surface area contributed by atoms with E-state index in [9.17, 15) is 9.90 Å². The first-order valence-electron chi connectivity index (χ1n) is 7.41. The van der Waals surface area contributed by atoms with Gasteiger partial charge in [-0.15, -0.1) is 0 Å². The van der Waals surface area contributed by atoms with Gasteiger partial charge in [0.25, 0.3) is 0 Å². The van der Waals surface area contributed by atoms with E-state index in [1.54, 1.807) is 12.1 Å². The third-order valence-corrected chi connectivity index (χ3v) is 3.85. The Balaban J connectivity index is 1.67. The first-order valence-corrected chi connectivity index (χ1v) is 7.41. The minimum absolute atomic E-state index is 0.164. The van der Waals surface area contributed by atoms with Gasteiger partial charge < -0.3 is 15.7 Å². The normalized spacial score (nSPS) is 19.8. The van der Waals surface area contributed by atoms with Gasteiger partial charge in [-0.2, -0.15) is 0 Å². The molecule has 1 fully saturated rings. The number of benzene rings is 1. The van der Waals surface area contributed by atoms with Crippen LogP contribution in [-0.2, 0) is 11.2 Å².